The van der Waals surface area contributed by atoms with Crippen molar-refractivity contribution in [1.29, 1.82) is 0 Å². The molecule has 0 bridgehead atoms. The largest absolute Gasteiger partial charge is 0.677 e. The van der Waals surface area contributed by atoms with Crippen LogP contribution >= 0.6 is 11.3 Å². The van der Waals surface area contributed by atoms with Crippen LogP contribution in [-0.2, 0) is 36.0 Å². The second-order valence-corrected chi connectivity index (χ2v) is 17.6. The molecule has 60 heavy (non-hydrogen) atoms. The quantitative estimate of drug-likeness (QED) is 0.0545. The molecule has 0 atom stereocenters. The Bertz CT molecular complexity index is 2440. The molecule has 3 heterocycles. The SMILES string of the molecule is NS(=O)(=O)c1ccc(C(=O)NCCCCCNC(=O)c2cccc(S(=O)(=O)NCCOCCNC(=O)CCc3ccc(/C=C4\C=CC(c5cccs5)=N4)n3B(F)F)c2)cc1. The first-order valence-electron chi connectivity index (χ1n) is 18.9. The van der Waals surface area contributed by atoms with E-state index in [-0.39, 0.29) is 72.0 Å². The molecule has 0 radical (unpaired) electrons. The second-order valence-electron chi connectivity index (χ2n) is 13.3. The fourth-order valence-electron chi connectivity index (χ4n) is 5.90. The Hall–Kier alpha value is -5.32. The summed E-state index contributed by atoms with van der Waals surface area (Å²) in [5.74, 6) is -1.17. The molecule has 3 amide bonds. The highest BCUT2D eigenvalue weighted by Gasteiger charge is 2.24. The van der Waals surface area contributed by atoms with E-state index in [2.05, 4.69) is 25.7 Å². The molecule has 0 aliphatic carbocycles. The summed E-state index contributed by atoms with van der Waals surface area (Å²) in [6.45, 7) is 0.845. The molecular formula is C39H44BF2N7O8S3. The number of ether oxygens (including phenoxy) is 1. The zero-order chi connectivity index (χ0) is 43.1. The van der Waals surface area contributed by atoms with E-state index in [1.165, 1.54) is 59.9 Å². The molecule has 2 aromatic heterocycles. The van der Waals surface area contributed by atoms with E-state index in [0.717, 1.165) is 15.1 Å². The molecule has 0 unspecified atom stereocenters. The molecule has 15 nitrogen and oxygen atoms in total. The Kier molecular flexibility index (Phi) is 16.6. The van der Waals surface area contributed by atoms with Gasteiger partial charge in [-0.15, -0.1) is 11.3 Å². The Labute approximate surface area is 351 Å². The molecule has 21 heteroatoms. The summed E-state index contributed by atoms with van der Waals surface area (Å²) < 4.78 is 85.3. The van der Waals surface area contributed by atoms with Crippen LogP contribution in [0.2, 0.25) is 0 Å². The monoisotopic (exact) mass is 883 g/mol. The molecule has 0 saturated carbocycles. The molecule has 6 N–H and O–H groups in total. The van der Waals surface area contributed by atoms with E-state index in [1.807, 2.05) is 23.6 Å². The number of aliphatic imine (C=N–C) groups is 1. The van der Waals surface area contributed by atoms with E-state index in [4.69, 9.17) is 9.88 Å². The average molecular weight is 884 g/mol. The molecular weight excluding hydrogens is 839 g/mol. The molecule has 0 spiro atoms. The van der Waals surface area contributed by atoms with Crippen LogP contribution in [0.4, 0.5) is 8.63 Å². The number of nitrogens with two attached hydrogens (primary N) is 1. The van der Waals surface area contributed by atoms with Gasteiger partial charge in [0.25, 0.3) is 11.8 Å². The minimum Gasteiger partial charge on any atom is -0.378 e. The Morgan fingerprint density at radius 1 is 0.800 bits per heavy atom. The molecule has 0 fully saturated rings. The van der Waals surface area contributed by atoms with Gasteiger partial charge < -0.3 is 25.2 Å². The number of sulfonamides is 2. The normalized spacial score (nSPS) is 13.3. The summed E-state index contributed by atoms with van der Waals surface area (Å²) in [5.41, 5.74) is 2.34. The van der Waals surface area contributed by atoms with Gasteiger partial charge in [0.1, 0.15) is 0 Å². The van der Waals surface area contributed by atoms with Crippen molar-refractivity contribution in [3.05, 3.63) is 123 Å². The topological polar surface area (TPSA) is 220 Å². The molecule has 5 rings (SSSR count). The van der Waals surface area contributed by atoms with Gasteiger partial charge in [0.15, 0.2) is 0 Å². The van der Waals surface area contributed by atoms with Gasteiger partial charge in [-0.1, -0.05) is 12.1 Å². The van der Waals surface area contributed by atoms with Crippen molar-refractivity contribution in [2.24, 2.45) is 10.1 Å². The van der Waals surface area contributed by atoms with Crippen molar-refractivity contribution in [3.63, 3.8) is 0 Å². The van der Waals surface area contributed by atoms with Crippen LogP contribution < -0.4 is 25.8 Å². The summed E-state index contributed by atoms with van der Waals surface area (Å²) in [4.78, 5) is 42.7. The van der Waals surface area contributed by atoms with Crippen LogP contribution in [0.1, 0.15) is 62.7 Å². The van der Waals surface area contributed by atoms with Gasteiger partial charge in [-0.05, 0) is 110 Å². The number of unbranched alkanes of at least 4 members (excludes halogenated alkanes) is 2. The average Bonchev–Trinajstić information content (AvgIpc) is 4.01. The van der Waals surface area contributed by atoms with E-state index in [9.17, 15) is 39.9 Å². The number of nitrogens with zero attached hydrogens (tertiary/aromatic N) is 2. The van der Waals surface area contributed by atoms with Gasteiger partial charge in [-0.25, -0.2) is 31.7 Å². The highest BCUT2D eigenvalue weighted by atomic mass is 32.2. The van der Waals surface area contributed by atoms with Gasteiger partial charge in [0.2, 0.25) is 26.0 Å². The minimum absolute atomic E-state index is 0.00150. The lowest BCUT2D eigenvalue weighted by Gasteiger charge is -2.11. The molecule has 1 aliphatic rings. The summed E-state index contributed by atoms with van der Waals surface area (Å²) in [7, 11) is -10.6. The molecule has 1 aliphatic heterocycles. The van der Waals surface area contributed by atoms with E-state index >= 15 is 0 Å². The zero-order valence-corrected chi connectivity index (χ0v) is 34.8. The first kappa shape index (κ1) is 45.8. The summed E-state index contributed by atoms with van der Waals surface area (Å²) >= 11 is 1.54. The maximum absolute atomic E-state index is 14.0. The number of carbonyl (C=O) groups is 3. The number of primary sulfonamides is 1. The number of carbonyl (C=O) groups excluding carboxylic acids is 3. The third-order valence-electron chi connectivity index (χ3n) is 8.95. The molecule has 4 aromatic rings. The van der Waals surface area contributed by atoms with Gasteiger partial charge in [-0.2, -0.15) is 0 Å². The fraction of sp³-hybridized carbons (Fsp3) is 0.282. The van der Waals surface area contributed by atoms with Crippen LogP contribution in [0.25, 0.3) is 6.08 Å². The number of halogens is 2. The number of aromatic nitrogens is 1. The minimum atomic E-state index is -3.97. The van der Waals surface area contributed by atoms with Crippen molar-refractivity contribution in [2.45, 2.75) is 41.9 Å². The predicted molar refractivity (Wildman–Crippen MR) is 226 cm³/mol. The molecule has 318 valence electrons. The number of nitrogens with one attached hydrogen (secondary N) is 4. The van der Waals surface area contributed by atoms with Crippen molar-refractivity contribution in [1.82, 2.24) is 25.2 Å². The number of benzene rings is 2. The van der Waals surface area contributed by atoms with E-state index in [0.29, 0.717) is 49.3 Å². The van der Waals surface area contributed by atoms with Crippen LogP contribution in [0, 0.1) is 0 Å². The number of hydrogen-bond acceptors (Lipinski definition) is 10. The fourth-order valence-corrected chi connectivity index (χ4v) is 8.17. The molecule has 2 aromatic carbocycles. The first-order valence-corrected chi connectivity index (χ1v) is 22.8. The smallest absolute Gasteiger partial charge is 0.378 e. The lowest BCUT2D eigenvalue weighted by Crippen LogP contribution is -2.30. The van der Waals surface area contributed by atoms with E-state index < -0.39 is 33.4 Å². The second kappa shape index (κ2) is 21.8. The van der Waals surface area contributed by atoms with Crippen molar-refractivity contribution >= 4 is 68.3 Å². The van der Waals surface area contributed by atoms with Gasteiger partial charge in [0.05, 0.1) is 39.3 Å². The number of rotatable bonds is 23. The lowest BCUT2D eigenvalue weighted by molar-refractivity contribution is -0.121. The van der Waals surface area contributed by atoms with Gasteiger partial charge in [0, 0.05) is 55.1 Å². The highest BCUT2D eigenvalue weighted by molar-refractivity contribution is 7.89. The van der Waals surface area contributed by atoms with Crippen molar-refractivity contribution in [3.8, 4) is 0 Å². The summed E-state index contributed by atoms with van der Waals surface area (Å²) in [6.07, 6.45) is 7.15. The first-order chi connectivity index (χ1) is 28.7. The third kappa shape index (κ3) is 13.6. The summed E-state index contributed by atoms with van der Waals surface area (Å²) in [5, 5.41) is 15.2. The number of aryl methyl sites for hydroxylation is 1. The zero-order valence-electron chi connectivity index (χ0n) is 32.3. The third-order valence-corrected chi connectivity index (χ3v) is 12.2. The molecule has 0 saturated heterocycles. The maximum Gasteiger partial charge on any atom is 0.677 e. The van der Waals surface area contributed by atoms with Crippen LogP contribution in [0.15, 0.2) is 111 Å². The van der Waals surface area contributed by atoms with Gasteiger partial charge in [-0.3, -0.25) is 23.0 Å². The van der Waals surface area contributed by atoms with E-state index in [1.54, 1.807) is 24.3 Å². The number of allylic oxidation sites excluding steroid dienone is 2. The summed E-state index contributed by atoms with van der Waals surface area (Å²) in [6, 6.07) is 17.8. The predicted octanol–water partition coefficient (Wildman–Crippen LogP) is 3.74. The lowest BCUT2D eigenvalue weighted by atomic mass is 10.1. The van der Waals surface area contributed by atoms with Crippen molar-refractivity contribution < 1.29 is 44.6 Å². The number of hydrogen-bond donors (Lipinski definition) is 5. The standard InChI is InChI=1S/C39H44BF2N7O8S3/c41-40(42)49-31(12-13-32(49)27-30-11-17-35(48-30)36-8-5-25-58-36)14-18-37(50)44-21-23-57-24-22-47-60(55,56)34-7-4-6-29(26-34)39(52)46-20-3-1-2-19-45-38(51)28-9-15-33(16-10-28)59(43,53)54/h4-13,15-17,25-27,47H,1-3,14,18-24H2,(H,44,50)(H,45,51)(H,46,52)(H2,43,53,54)/b30-27+. The number of amides is 3. The highest BCUT2D eigenvalue weighted by Crippen LogP contribution is 2.23. The maximum atomic E-state index is 14.0. The Morgan fingerprint density at radius 2 is 1.52 bits per heavy atom. The Balaban J connectivity index is 0.935. The van der Waals surface area contributed by atoms with Crippen LogP contribution in [-0.4, -0.2) is 91.5 Å². The van der Waals surface area contributed by atoms with Crippen LogP contribution in [0.3, 0.4) is 0 Å². The number of thiophene rings is 1. The Morgan fingerprint density at radius 3 is 2.20 bits per heavy atom. The van der Waals surface area contributed by atoms with Crippen LogP contribution in [0.5, 0.6) is 0 Å². The van der Waals surface area contributed by atoms with Gasteiger partial charge >= 0.3 is 7.40 Å². The van der Waals surface area contributed by atoms with Crippen molar-refractivity contribution in [2.75, 3.05) is 39.4 Å².